The SMILES string of the molecule is Cc1cc(NC2CC[CH][C@](O)(c3cccc(Cl)c3)C2)nc2ccccc12. The molecule has 1 aromatic heterocycles. The van der Waals surface area contributed by atoms with Gasteiger partial charge in [0.25, 0.3) is 0 Å². The molecule has 0 bridgehead atoms. The normalized spacial score (nSPS) is 23.1. The molecule has 3 aromatic rings. The molecule has 4 rings (SSSR count). The smallest absolute Gasteiger partial charge is 0.127 e. The van der Waals surface area contributed by atoms with Crippen molar-refractivity contribution in [3.8, 4) is 0 Å². The second kappa shape index (κ2) is 6.90. The molecule has 0 saturated heterocycles. The first-order chi connectivity index (χ1) is 12.5. The minimum Gasteiger partial charge on any atom is -0.385 e. The molecule has 2 N–H and O–H groups in total. The summed E-state index contributed by atoms with van der Waals surface area (Å²) in [6.45, 7) is 2.10. The van der Waals surface area contributed by atoms with Gasteiger partial charge in [-0.25, -0.2) is 4.98 Å². The van der Waals surface area contributed by atoms with E-state index in [1.807, 2.05) is 48.9 Å². The van der Waals surface area contributed by atoms with Crippen molar-refractivity contribution in [1.29, 1.82) is 0 Å². The van der Waals surface area contributed by atoms with Crippen LogP contribution in [0, 0.1) is 13.3 Å². The quantitative estimate of drug-likeness (QED) is 0.666. The monoisotopic (exact) mass is 365 g/mol. The van der Waals surface area contributed by atoms with E-state index in [-0.39, 0.29) is 6.04 Å². The summed E-state index contributed by atoms with van der Waals surface area (Å²) in [5.41, 5.74) is 2.07. The van der Waals surface area contributed by atoms with Gasteiger partial charge in [-0.3, -0.25) is 0 Å². The number of nitrogens with one attached hydrogen (secondary N) is 1. The molecule has 1 unspecified atom stereocenters. The standard InChI is InChI=1S/C22H22ClN2O/c1-15-12-21(25-20-10-3-2-9-19(15)20)24-18-8-5-11-22(26,14-18)16-6-4-7-17(23)13-16/h2-4,6-7,9-13,18,26H,5,8,14H2,1H3,(H,24,25)/t18?,22-/m1/s1. The van der Waals surface area contributed by atoms with Crippen LogP contribution in [0.1, 0.15) is 30.4 Å². The number of fused-ring (bicyclic) bond motifs is 1. The Bertz CT molecular complexity index is 942. The van der Waals surface area contributed by atoms with Crippen LogP contribution in [0.3, 0.4) is 0 Å². The highest BCUT2D eigenvalue weighted by molar-refractivity contribution is 6.30. The summed E-state index contributed by atoms with van der Waals surface area (Å²) in [5, 5.41) is 16.5. The van der Waals surface area contributed by atoms with E-state index >= 15 is 0 Å². The molecule has 1 saturated carbocycles. The fourth-order valence-electron chi connectivity index (χ4n) is 3.83. The van der Waals surface area contributed by atoms with Gasteiger partial charge in [-0.1, -0.05) is 41.9 Å². The summed E-state index contributed by atoms with van der Waals surface area (Å²) in [4.78, 5) is 4.74. The van der Waals surface area contributed by atoms with Gasteiger partial charge in [-0.05, 0) is 61.6 Å². The van der Waals surface area contributed by atoms with Crippen molar-refractivity contribution >= 4 is 28.3 Å². The van der Waals surface area contributed by atoms with Crippen molar-refractivity contribution in [3.05, 3.63) is 77.2 Å². The van der Waals surface area contributed by atoms with Crippen molar-refractivity contribution in [2.24, 2.45) is 0 Å². The van der Waals surface area contributed by atoms with E-state index in [9.17, 15) is 5.11 Å². The third-order valence-electron chi connectivity index (χ3n) is 5.15. The number of hydrogen-bond acceptors (Lipinski definition) is 3. The zero-order valence-corrected chi connectivity index (χ0v) is 15.5. The van der Waals surface area contributed by atoms with E-state index in [4.69, 9.17) is 16.6 Å². The van der Waals surface area contributed by atoms with Gasteiger partial charge < -0.3 is 10.4 Å². The molecule has 1 heterocycles. The Kier molecular flexibility index (Phi) is 4.60. The molecule has 3 nitrogen and oxygen atoms in total. The summed E-state index contributed by atoms with van der Waals surface area (Å²) < 4.78 is 0. The number of rotatable bonds is 3. The van der Waals surface area contributed by atoms with Crippen molar-refractivity contribution in [3.63, 3.8) is 0 Å². The Morgan fingerprint density at radius 2 is 2.00 bits per heavy atom. The predicted octanol–water partition coefficient (Wildman–Crippen LogP) is 5.25. The minimum absolute atomic E-state index is 0.150. The maximum absolute atomic E-state index is 11.2. The number of halogens is 1. The van der Waals surface area contributed by atoms with E-state index in [0.717, 1.165) is 29.7 Å². The van der Waals surface area contributed by atoms with E-state index in [2.05, 4.69) is 24.4 Å². The van der Waals surface area contributed by atoms with Gasteiger partial charge in [0.1, 0.15) is 5.82 Å². The van der Waals surface area contributed by atoms with Crippen LogP contribution in [0.5, 0.6) is 0 Å². The minimum atomic E-state index is -0.966. The van der Waals surface area contributed by atoms with E-state index in [1.54, 1.807) is 0 Å². The van der Waals surface area contributed by atoms with Crippen LogP contribution in [-0.2, 0) is 5.60 Å². The first kappa shape index (κ1) is 17.3. The fraction of sp³-hybridized carbons (Fsp3) is 0.273. The number of aryl methyl sites for hydroxylation is 1. The molecule has 1 radical (unpaired) electrons. The molecule has 0 amide bonds. The first-order valence-corrected chi connectivity index (χ1v) is 9.37. The Labute approximate surface area is 159 Å². The molecule has 2 aromatic carbocycles. The first-order valence-electron chi connectivity index (χ1n) is 8.99. The Morgan fingerprint density at radius 1 is 1.15 bits per heavy atom. The van der Waals surface area contributed by atoms with Crippen molar-refractivity contribution in [2.75, 3.05) is 5.32 Å². The van der Waals surface area contributed by atoms with Crippen LogP contribution in [0.4, 0.5) is 5.82 Å². The molecule has 1 fully saturated rings. The second-order valence-electron chi connectivity index (χ2n) is 7.10. The van der Waals surface area contributed by atoms with Crippen LogP contribution in [0.15, 0.2) is 54.6 Å². The average molecular weight is 366 g/mol. The maximum atomic E-state index is 11.2. The Morgan fingerprint density at radius 3 is 2.85 bits per heavy atom. The van der Waals surface area contributed by atoms with E-state index in [0.29, 0.717) is 11.4 Å². The summed E-state index contributed by atoms with van der Waals surface area (Å²) in [6, 6.07) is 17.9. The lowest BCUT2D eigenvalue weighted by atomic mass is 9.77. The Balaban J connectivity index is 1.57. The van der Waals surface area contributed by atoms with Gasteiger partial charge in [-0.15, -0.1) is 0 Å². The molecular weight excluding hydrogens is 344 g/mol. The number of benzene rings is 2. The molecule has 2 atom stereocenters. The fourth-order valence-corrected chi connectivity index (χ4v) is 4.02. The number of para-hydroxylation sites is 1. The number of nitrogens with zero attached hydrogens (tertiary/aromatic N) is 1. The highest BCUT2D eigenvalue weighted by Crippen LogP contribution is 2.38. The van der Waals surface area contributed by atoms with E-state index in [1.165, 1.54) is 10.9 Å². The molecular formula is C22H22ClN2O. The number of aromatic nitrogens is 1. The lowest BCUT2D eigenvalue weighted by Crippen LogP contribution is -2.39. The van der Waals surface area contributed by atoms with Gasteiger partial charge >= 0.3 is 0 Å². The van der Waals surface area contributed by atoms with Gasteiger partial charge in [0.15, 0.2) is 0 Å². The third kappa shape index (κ3) is 3.42. The average Bonchev–Trinajstić information content (AvgIpc) is 2.62. The number of anilines is 1. The molecule has 4 heteroatoms. The number of hydrogen-bond donors (Lipinski definition) is 2. The van der Waals surface area contributed by atoms with Gasteiger partial charge in [0.2, 0.25) is 0 Å². The molecule has 1 aliphatic carbocycles. The molecule has 0 aliphatic heterocycles. The summed E-state index contributed by atoms with van der Waals surface area (Å²) in [7, 11) is 0. The molecule has 26 heavy (non-hydrogen) atoms. The highest BCUT2D eigenvalue weighted by atomic mass is 35.5. The zero-order valence-electron chi connectivity index (χ0n) is 14.7. The summed E-state index contributed by atoms with van der Waals surface area (Å²) >= 11 is 6.11. The van der Waals surface area contributed by atoms with Crippen LogP contribution in [0.25, 0.3) is 10.9 Å². The third-order valence-corrected chi connectivity index (χ3v) is 5.39. The lowest BCUT2D eigenvalue weighted by Gasteiger charge is -2.37. The lowest BCUT2D eigenvalue weighted by molar-refractivity contribution is 0.0395. The Hall–Kier alpha value is -2.10. The maximum Gasteiger partial charge on any atom is 0.127 e. The van der Waals surface area contributed by atoms with E-state index < -0.39 is 5.60 Å². The van der Waals surface area contributed by atoms with Crippen LogP contribution < -0.4 is 5.32 Å². The van der Waals surface area contributed by atoms with Gasteiger partial charge in [0, 0.05) is 22.9 Å². The predicted molar refractivity (Wildman–Crippen MR) is 107 cm³/mol. The summed E-state index contributed by atoms with van der Waals surface area (Å²) in [6.07, 6.45) is 4.40. The van der Waals surface area contributed by atoms with Crippen LogP contribution >= 0.6 is 11.6 Å². The molecule has 1 aliphatic rings. The number of aliphatic hydroxyl groups is 1. The molecule has 133 valence electrons. The highest BCUT2D eigenvalue weighted by Gasteiger charge is 2.36. The topological polar surface area (TPSA) is 45.1 Å². The largest absolute Gasteiger partial charge is 0.385 e. The number of pyridine rings is 1. The van der Waals surface area contributed by atoms with Crippen LogP contribution in [-0.4, -0.2) is 16.1 Å². The second-order valence-corrected chi connectivity index (χ2v) is 7.54. The van der Waals surface area contributed by atoms with Crippen molar-refractivity contribution in [2.45, 2.75) is 37.8 Å². The molecule has 0 spiro atoms. The van der Waals surface area contributed by atoms with Gasteiger partial charge in [0.05, 0.1) is 11.1 Å². The summed E-state index contributed by atoms with van der Waals surface area (Å²) in [5.74, 6) is 0.863. The van der Waals surface area contributed by atoms with Gasteiger partial charge in [-0.2, -0.15) is 0 Å². The van der Waals surface area contributed by atoms with Crippen molar-refractivity contribution in [1.82, 2.24) is 4.98 Å². The zero-order chi connectivity index (χ0) is 18.1. The van der Waals surface area contributed by atoms with Crippen molar-refractivity contribution < 1.29 is 5.11 Å². The van der Waals surface area contributed by atoms with Crippen LogP contribution in [0.2, 0.25) is 5.02 Å².